The van der Waals surface area contributed by atoms with Crippen LogP contribution in [0.25, 0.3) is 0 Å². The Morgan fingerprint density at radius 3 is 2.31 bits per heavy atom. The number of amides is 1. The van der Waals surface area contributed by atoms with Gasteiger partial charge in [0.15, 0.2) is 12.6 Å². The van der Waals surface area contributed by atoms with Crippen LogP contribution >= 0.6 is 0 Å². The summed E-state index contributed by atoms with van der Waals surface area (Å²) >= 11 is 0. The van der Waals surface area contributed by atoms with Crippen molar-refractivity contribution in [2.75, 3.05) is 13.2 Å². The Balaban J connectivity index is 3.09. The number of aliphatic hydroxyl groups is 7. The predicted molar refractivity (Wildman–Crippen MR) is 81.4 cm³/mol. The van der Waals surface area contributed by atoms with Gasteiger partial charge in [0.25, 0.3) is 0 Å². The van der Waals surface area contributed by atoms with Gasteiger partial charge in [0.2, 0.25) is 5.91 Å². The number of rotatable bonds is 9. The number of carbonyl (C=O) groups is 2. The second kappa shape index (κ2) is 10.2. The first-order chi connectivity index (χ1) is 12.2. The maximum absolute atomic E-state index is 11.3. The Hall–Kier alpha value is -1.22. The first-order valence-corrected chi connectivity index (χ1v) is 7.83. The van der Waals surface area contributed by atoms with Gasteiger partial charge in [0.05, 0.1) is 13.2 Å². The monoisotopic (exact) mass is 383 g/mol. The molecule has 0 bridgehead atoms. The van der Waals surface area contributed by atoms with Crippen LogP contribution in [0, 0.1) is 0 Å². The summed E-state index contributed by atoms with van der Waals surface area (Å²) in [5, 5.41) is 69.6. The fourth-order valence-corrected chi connectivity index (χ4v) is 2.51. The van der Waals surface area contributed by atoms with Gasteiger partial charge in [-0.25, -0.2) is 0 Å². The van der Waals surface area contributed by atoms with Crippen molar-refractivity contribution in [2.45, 2.75) is 62.0 Å². The van der Waals surface area contributed by atoms with Crippen LogP contribution in [0.15, 0.2) is 0 Å². The highest BCUT2D eigenvalue weighted by atomic mass is 16.7. The first-order valence-electron chi connectivity index (χ1n) is 7.83. The van der Waals surface area contributed by atoms with Crippen LogP contribution in [0.2, 0.25) is 0 Å². The van der Waals surface area contributed by atoms with Crippen molar-refractivity contribution in [3.63, 3.8) is 0 Å². The van der Waals surface area contributed by atoms with E-state index >= 15 is 0 Å². The van der Waals surface area contributed by atoms with E-state index in [4.69, 9.17) is 14.6 Å². The second-order valence-corrected chi connectivity index (χ2v) is 5.90. The lowest BCUT2D eigenvalue weighted by Crippen LogP contribution is -2.66. The fraction of sp³-hybridized carbons (Fsp3) is 0.857. The summed E-state index contributed by atoms with van der Waals surface area (Å²) in [6.07, 6.45) is -13.6. The van der Waals surface area contributed by atoms with E-state index in [1.807, 2.05) is 0 Å². The molecule has 12 nitrogen and oxygen atoms in total. The third kappa shape index (κ3) is 5.39. The second-order valence-electron chi connectivity index (χ2n) is 5.90. The number of ether oxygens (including phenoxy) is 2. The Morgan fingerprint density at radius 2 is 1.85 bits per heavy atom. The van der Waals surface area contributed by atoms with Crippen LogP contribution in [0.5, 0.6) is 0 Å². The lowest BCUT2D eigenvalue weighted by molar-refractivity contribution is -0.299. The van der Waals surface area contributed by atoms with Crippen molar-refractivity contribution in [1.29, 1.82) is 0 Å². The van der Waals surface area contributed by atoms with Gasteiger partial charge < -0.3 is 55.3 Å². The third-order valence-electron chi connectivity index (χ3n) is 3.94. The Labute approximate surface area is 148 Å². The summed E-state index contributed by atoms with van der Waals surface area (Å²) in [5.74, 6) is -0.635. The molecule has 1 fully saturated rings. The number of aliphatic hydroxyl groups excluding tert-OH is 7. The van der Waals surface area contributed by atoms with Crippen LogP contribution < -0.4 is 5.32 Å². The highest BCUT2D eigenvalue weighted by molar-refractivity contribution is 5.73. The van der Waals surface area contributed by atoms with Gasteiger partial charge in [0, 0.05) is 6.92 Å². The molecule has 1 aliphatic heterocycles. The van der Waals surface area contributed by atoms with Gasteiger partial charge in [0.1, 0.15) is 48.8 Å². The van der Waals surface area contributed by atoms with Crippen LogP contribution in [0.4, 0.5) is 0 Å². The molecule has 1 saturated heterocycles. The summed E-state index contributed by atoms with van der Waals surface area (Å²) in [4.78, 5) is 22.2. The van der Waals surface area contributed by atoms with Crippen LogP contribution in [0.1, 0.15) is 6.92 Å². The fourth-order valence-electron chi connectivity index (χ4n) is 2.51. The van der Waals surface area contributed by atoms with E-state index in [9.17, 15) is 40.2 Å². The summed E-state index contributed by atoms with van der Waals surface area (Å²) in [6.45, 7) is -0.530. The molecule has 0 aliphatic carbocycles. The molecule has 152 valence electrons. The smallest absolute Gasteiger partial charge is 0.217 e. The van der Waals surface area contributed by atoms with Crippen LogP contribution in [-0.2, 0) is 19.1 Å². The van der Waals surface area contributed by atoms with Gasteiger partial charge in [-0.15, -0.1) is 0 Å². The molecule has 0 saturated carbocycles. The van der Waals surface area contributed by atoms with Crippen molar-refractivity contribution in [1.82, 2.24) is 5.32 Å². The number of nitrogens with one attached hydrogen (secondary N) is 1. The minimum absolute atomic E-state index is 0.00299. The average molecular weight is 383 g/mol. The zero-order valence-electron chi connectivity index (χ0n) is 14.0. The molecule has 0 aromatic carbocycles. The molecule has 0 aromatic rings. The minimum atomic E-state index is -1.95. The average Bonchev–Trinajstić information content (AvgIpc) is 2.62. The maximum Gasteiger partial charge on any atom is 0.217 e. The zero-order chi connectivity index (χ0) is 20.0. The minimum Gasteiger partial charge on any atom is -0.394 e. The molecule has 1 heterocycles. The van der Waals surface area contributed by atoms with Crippen LogP contribution in [0.3, 0.4) is 0 Å². The van der Waals surface area contributed by atoms with E-state index in [0.717, 1.165) is 6.92 Å². The summed E-state index contributed by atoms with van der Waals surface area (Å²) in [5.41, 5.74) is 0. The molecule has 1 amide bonds. The quantitative estimate of drug-likeness (QED) is 0.176. The number of hydrogen-bond donors (Lipinski definition) is 8. The van der Waals surface area contributed by atoms with Crippen LogP contribution in [-0.4, -0.2) is 116 Å². The number of hydrogen-bond acceptors (Lipinski definition) is 11. The van der Waals surface area contributed by atoms with Crippen molar-refractivity contribution in [3.8, 4) is 0 Å². The lowest BCUT2D eigenvalue weighted by atomic mass is 9.96. The summed E-state index contributed by atoms with van der Waals surface area (Å²) in [7, 11) is 0. The molecular weight excluding hydrogens is 358 g/mol. The van der Waals surface area contributed by atoms with Gasteiger partial charge in [-0.2, -0.15) is 0 Å². The zero-order valence-corrected chi connectivity index (χ0v) is 14.0. The first kappa shape index (κ1) is 22.8. The topological polar surface area (TPSA) is 206 Å². The molecule has 9 atom stereocenters. The van der Waals surface area contributed by atoms with Gasteiger partial charge in [-0.1, -0.05) is 0 Å². The van der Waals surface area contributed by atoms with Gasteiger partial charge >= 0.3 is 0 Å². The molecule has 1 rings (SSSR count). The van der Waals surface area contributed by atoms with E-state index in [-0.39, 0.29) is 6.29 Å². The number of carbonyl (C=O) groups excluding carboxylic acids is 2. The van der Waals surface area contributed by atoms with E-state index in [1.54, 1.807) is 0 Å². The Morgan fingerprint density at radius 1 is 1.23 bits per heavy atom. The van der Waals surface area contributed by atoms with Gasteiger partial charge in [-0.05, 0) is 0 Å². The normalized spacial score (nSPS) is 33.8. The van der Waals surface area contributed by atoms with Crippen molar-refractivity contribution >= 4 is 12.2 Å². The molecular formula is C14H25NO11. The molecule has 0 radical (unpaired) electrons. The summed E-state index contributed by atoms with van der Waals surface area (Å²) < 4.78 is 10.5. The molecule has 1 aliphatic rings. The molecule has 8 N–H and O–H groups in total. The van der Waals surface area contributed by atoms with E-state index < -0.39 is 74.2 Å². The molecule has 0 unspecified atom stereocenters. The standard InChI is InChI=1S/C14H25NO11/c1-5(19)15-9-12(24)11(23)8(4-18)25-14(9)26-13(7(21)3-17)10(22)6(20)2-16/h3,6-14,16,18,20-24H,2,4H2,1H3,(H,15,19)/t6-,7+,8-,9-,10+,11-,12-,13-,14+/m1/s1. The van der Waals surface area contributed by atoms with E-state index in [2.05, 4.69) is 5.32 Å². The molecule has 12 heteroatoms. The summed E-state index contributed by atoms with van der Waals surface area (Å²) in [6, 6.07) is -1.38. The highest BCUT2D eigenvalue weighted by Gasteiger charge is 2.47. The number of aldehydes is 1. The van der Waals surface area contributed by atoms with Crippen molar-refractivity contribution in [3.05, 3.63) is 0 Å². The van der Waals surface area contributed by atoms with E-state index in [0.29, 0.717) is 0 Å². The Bertz CT molecular complexity index is 464. The largest absolute Gasteiger partial charge is 0.394 e. The molecule has 0 aromatic heterocycles. The van der Waals surface area contributed by atoms with Crippen molar-refractivity contribution < 1.29 is 54.8 Å². The molecule has 26 heavy (non-hydrogen) atoms. The van der Waals surface area contributed by atoms with Crippen molar-refractivity contribution in [2.24, 2.45) is 0 Å². The SMILES string of the molecule is CC(=O)N[C@H]1[C@H](O[C@@H]([C@@H](O)[C@H](O)CO)[C@@H](O)C=O)O[C@H](CO)[C@@H](O)[C@@H]1O. The highest BCUT2D eigenvalue weighted by Crippen LogP contribution is 2.25. The molecule has 0 spiro atoms. The van der Waals surface area contributed by atoms with Gasteiger partial charge in [-0.3, -0.25) is 4.79 Å². The predicted octanol–water partition coefficient (Wildman–Crippen LogP) is -5.41. The van der Waals surface area contributed by atoms with E-state index in [1.165, 1.54) is 0 Å². The third-order valence-corrected chi connectivity index (χ3v) is 3.94. The Kier molecular flexibility index (Phi) is 8.95. The maximum atomic E-state index is 11.3. The lowest BCUT2D eigenvalue weighted by Gasteiger charge is -2.44.